The molecule has 0 saturated heterocycles. The van der Waals surface area contributed by atoms with E-state index in [-0.39, 0.29) is 12.1 Å². The molecular formula is C6H6ClF4NO. The van der Waals surface area contributed by atoms with Crippen LogP contribution in [-0.4, -0.2) is 23.1 Å². The highest BCUT2D eigenvalue weighted by Gasteiger charge is 2.62. The number of halogens is 5. The molecule has 1 rings (SSSR count). The van der Waals surface area contributed by atoms with Crippen LogP contribution < -0.4 is 0 Å². The second-order valence-electron chi connectivity index (χ2n) is 2.75. The van der Waals surface area contributed by atoms with Crippen LogP contribution in [-0.2, 0) is 4.84 Å². The fourth-order valence-corrected chi connectivity index (χ4v) is 0.995. The van der Waals surface area contributed by atoms with E-state index in [0.717, 1.165) is 0 Å². The zero-order chi connectivity index (χ0) is 10.3. The Kier molecular flexibility index (Phi) is 2.44. The summed E-state index contributed by atoms with van der Waals surface area (Å²) >= 11 is 4.24. The predicted octanol–water partition coefficient (Wildman–Crippen LogP) is 2.62. The summed E-state index contributed by atoms with van der Waals surface area (Å²) in [5.41, 5.74) is 0.241. The molecule has 0 bridgehead atoms. The second kappa shape index (κ2) is 3.01. The van der Waals surface area contributed by atoms with Crippen LogP contribution in [0.2, 0.25) is 0 Å². The fraction of sp³-hybridized carbons (Fsp3) is 0.833. The van der Waals surface area contributed by atoms with E-state index in [2.05, 4.69) is 21.6 Å². The molecule has 0 fully saturated rings. The first kappa shape index (κ1) is 10.6. The molecule has 2 nitrogen and oxygen atoms in total. The van der Waals surface area contributed by atoms with E-state index in [1.807, 2.05) is 0 Å². The van der Waals surface area contributed by atoms with Gasteiger partial charge in [-0.1, -0.05) is 5.16 Å². The van der Waals surface area contributed by atoms with Crippen molar-refractivity contribution < 1.29 is 22.4 Å². The van der Waals surface area contributed by atoms with Gasteiger partial charge in [-0.25, -0.2) is 0 Å². The maximum atomic E-state index is 12.7. The smallest absolute Gasteiger partial charge is 0.385 e. The minimum atomic E-state index is -4.61. The van der Waals surface area contributed by atoms with Gasteiger partial charge in [-0.05, 0) is 18.5 Å². The third-order valence-corrected chi connectivity index (χ3v) is 1.85. The largest absolute Gasteiger partial charge is 0.388 e. The lowest BCUT2D eigenvalue weighted by Crippen LogP contribution is -2.46. The molecule has 1 unspecified atom stereocenters. The van der Waals surface area contributed by atoms with Crippen molar-refractivity contribution in [3.8, 4) is 0 Å². The first-order chi connectivity index (χ1) is 5.75. The van der Waals surface area contributed by atoms with Gasteiger partial charge in [0.2, 0.25) is 6.10 Å². The Balaban J connectivity index is 2.73. The summed E-state index contributed by atoms with van der Waals surface area (Å²) in [5.74, 6) is -4.41. The van der Waals surface area contributed by atoms with Crippen LogP contribution in [0.5, 0.6) is 0 Å². The first-order valence-electron chi connectivity index (χ1n) is 3.39. The monoisotopic (exact) mass is 219 g/mol. The third kappa shape index (κ3) is 1.87. The predicted molar refractivity (Wildman–Crippen MR) is 38.3 cm³/mol. The third-order valence-electron chi connectivity index (χ3n) is 1.60. The summed E-state index contributed by atoms with van der Waals surface area (Å²) in [6.45, 7) is 1.41. The summed E-state index contributed by atoms with van der Waals surface area (Å²) in [6, 6.07) is 0. The van der Waals surface area contributed by atoms with Crippen LogP contribution in [0, 0.1) is 0 Å². The molecule has 0 radical (unpaired) electrons. The molecule has 0 aliphatic carbocycles. The minimum absolute atomic E-state index is 0.241. The molecule has 0 amide bonds. The molecule has 76 valence electrons. The van der Waals surface area contributed by atoms with Gasteiger partial charge >= 0.3 is 11.3 Å². The van der Waals surface area contributed by atoms with Gasteiger partial charge < -0.3 is 4.84 Å². The molecule has 1 aliphatic rings. The zero-order valence-electron chi connectivity index (χ0n) is 6.53. The lowest BCUT2D eigenvalue weighted by molar-refractivity contribution is -0.219. The first-order valence-corrected chi connectivity index (χ1v) is 3.77. The van der Waals surface area contributed by atoms with Crippen molar-refractivity contribution in [1.29, 1.82) is 0 Å². The zero-order valence-corrected chi connectivity index (χ0v) is 7.29. The quantitative estimate of drug-likeness (QED) is 0.517. The van der Waals surface area contributed by atoms with Crippen LogP contribution >= 0.6 is 11.6 Å². The Morgan fingerprint density at radius 3 is 2.31 bits per heavy atom. The van der Waals surface area contributed by atoms with E-state index in [4.69, 9.17) is 0 Å². The molecule has 1 heterocycles. The lowest BCUT2D eigenvalue weighted by Gasteiger charge is -2.24. The van der Waals surface area contributed by atoms with Crippen molar-refractivity contribution in [1.82, 2.24) is 0 Å². The Morgan fingerprint density at radius 2 is 2.00 bits per heavy atom. The van der Waals surface area contributed by atoms with Crippen molar-refractivity contribution in [2.45, 2.75) is 30.8 Å². The normalized spacial score (nSPS) is 24.2. The number of rotatable bonds is 2. The van der Waals surface area contributed by atoms with Gasteiger partial charge in [-0.3, -0.25) is 0 Å². The van der Waals surface area contributed by atoms with Gasteiger partial charge in [-0.15, -0.1) is 0 Å². The molecule has 0 aromatic rings. The lowest BCUT2D eigenvalue weighted by atomic mass is 10.1. The highest BCUT2D eigenvalue weighted by molar-refractivity contribution is 6.22. The highest BCUT2D eigenvalue weighted by Crippen LogP contribution is 2.43. The Morgan fingerprint density at radius 1 is 1.46 bits per heavy atom. The molecule has 0 saturated carbocycles. The van der Waals surface area contributed by atoms with Crippen molar-refractivity contribution in [3.05, 3.63) is 0 Å². The number of nitrogens with zero attached hydrogens (tertiary/aromatic N) is 1. The molecule has 7 heteroatoms. The number of oxime groups is 1. The number of alkyl halides is 5. The van der Waals surface area contributed by atoms with Gasteiger partial charge in [0, 0.05) is 6.42 Å². The van der Waals surface area contributed by atoms with Crippen molar-refractivity contribution in [3.63, 3.8) is 0 Å². The summed E-state index contributed by atoms with van der Waals surface area (Å²) < 4.78 is 49.8. The van der Waals surface area contributed by atoms with Crippen LogP contribution in [0.15, 0.2) is 5.16 Å². The second-order valence-corrected chi connectivity index (χ2v) is 3.22. The maximum Gasteiger partial charge on any atom is 0.388 e. The van der Waals surface area contributed by atoms with E-state index >= 15 is 0 Å². The van der Waals surface area contributed by atoms with Crippen LogP contribution in [0.1, 0.15) is 13.3 Å². The Hall–Kier alpha value is -0.520. The SMILES string of the molecule is CC1=NOC(C(F)(F)C(F)(F)Cl)C1. The number of hydrogen-bond acceptors (Lipinski definition) is 2. The Labute approximate surface area is 76.5 Å². The van der Waals surface area contributed by atoms with Gasteiger partial charge in [0.25, 0.3) is 0 Å². The summed E-state index contributed by atoms with van der Waals surface area (Å²) in [6.07, 6.45) is -2.31. The summed E-state index contributed by atoms with van der Waals surface area (Å²) in [5, 5.41) is -1.47. The maximum absolute atomic E-state index is 12.7. The van der Waals surface area contributed by atoms with E-state index in [1.165, 1.54) is 6.92 Å². The van der Waals surface area contributed by atoms with Crippen molar-refractivity contribution in [2.75, 3.05) is 0 Å². The molecule has 0 spiro atoms. The van der Waals surface area contributed by atoms with Crippen molar-refractivity contribution >= 4 is 17.3 Å². The summed E-state index contributed by atoms with van der Waals surface area (Å²) in [4.78, 5) is 4.13. The molecule has 1 aliphatic heterocycles. The van der Waals surface area contributed by atoms with E-state index in [1.54, 1.807) is 0 Å². The van der Waals surface area contributed by atoms with E-state index < -0.39 is 17.4 Å². The van der Waals surface area contributed by atoms with Crippen LogP contribution in [0.3, 0.4) is 0 Å². The van der Waals surface area contributed by atoms with Gasteiger partial charge in [0.1, 0.15) is 0 Å². The van der Waals surface area contributed by atoms with E-state index in [0.29, 0.717) is 0 Å². The molecule has 1 atom stereocenters. The number of hydrogen-bond donors (Lipinski definition) is 0. The topological polar surface area (TPSA) is 21.6 Å². The minimum Gasteiger partial charge on any atom is -0.385 e. The van der Waals surface area contributed by atoms with Crippen molar-refractivity contribution in [2.24, 2.45) is 5.16 Å². The van der Waals surface area contributed by atoms with Crippen LogP contribution in [0.25, 0.3) is 0 Å². The van der Waals surface area contributed by atoms with Crippen LogP contribution in [0.4, 0.5) is 17.6 Å². The molecular weight excluding hydrogens is 214 g/mol. The molecule has 0 aromatic carbocycles. The molecule has 0 aromatic heterocycles. The fourth-order valence-electron chi connectivity index (χ4n) is 0.873. The van der Waals surface area contributed by atoms with E-state index in [9.17, 15) is 17.6 Å². The average Bonchev–Trinajstić information content (AvgIpc) is 2.33. The molecule has 13 heavy (non-hydrogen) atoms. The standard InChI is InChI=1S/C6H6ClF4NO/c1-3-2-4(13-12-3)5(8,9)6(7,10)11/h4H,2H2,1H3. The highest BCUT2D eigenvalue weighted by atomic mass is 35.5. The van der Waals surface area contributed by atoms with Gasteiger partial charge in [0.15, 0.2) is 0 Å². The van der Waals surface area contributed by atoms with Gasteiger partial charge in [0.05, 0.1) is 5.71 Å². The summed E-state index contributed by atoms with van der Waals surface area (Å²) in [7, 11) is 0. The Bertz CT molecular complexity index is 237. The molecule has 0 N–H and O–H groups in total. The average molecular weight is 220 g/mol. The van der Waals surface area contributed by atoms with Gasteiger partial charge in [-0.2, -0.15) is 17.6 Å².